The molecule has 1 amide bonds. The van der Waals surface area contributed by atoms with Gasteiger partial charge in [-0.05, 0) is 44.1 Å². The number of amides is 1. The van der Waals surface area contributed by atoms with E-state index in [1.807, 2.05) is 11.9 Å². The normalized spacial score (nSPS) is 18.0. The Balaban J connectivity index is 1.46. The molecule has 0 aliphatic heterocycles. The van der Waals surface area contributed by atoms with E-state index in [1.165, 1.54) is 54.3 Å². The summed E-state index contributed by atoms with van der Waals surface area (Å²) >= 11 is 3.16. The van der Waals surface area contributed by atoms with Crippen molar-refractivity contribution in [3.63, 3.8) is 0 Å². The highest BCUT2D eigenvalue weighted by atomic mass is 32.2. The fraction of sp³-hybridized carbons (Fsp3) is 0.632. The molecule has 7 heteroatoms. The van der Waals surface area contributed by atoms with Gasteiger partial charge < -0.3 is 10.6 Å². The molecular weight excluding hydrogens is 364 g/mol. The van der Waals surface area contributed by atoms with E-state index in [1.54, 1.807) is 11.3 Å². The number of thioether (sulfide) groups is 1. The first-order valence-electron chi connectivity index (χ1n) is 9.59. The van der Waals surface area contributed by atoms with Crippen molar-refractivity contribution in [1.29, 1.82) is 0 Å². The van der Waals surface area contributed by atoms with Gasteiger partial charge in [0.1, 0.15) is 10.6 Å². The molecule has 0 saturated heterocycles. The summed E-state index contributed by atoms with van der Waals surface area (Å²) in [5.74, 6) is 1.11. The van der Waals surface area contributed by atoms with Crippen LogP contribution in [0.3, 0.4) is 0 Å². The maximum atomic E-state index is 12.5. The second-order valence-electron chi connectivity index (χ2n) is 7.37. The summed E-state index contributed by atoms with van der Waals surface area (Å²) in [6.07, 6.45) is 10.7. The molecule has 0 spiro atoms. The number of nitrogens with zero attached hydrogens (tertiary/aromatic N) is 3. The Hall–Kier alpha value is -1.34. The van der Waals surface area contributed by atoms with Crippen LogP contribution in [-0.2, 0) is 17.6 Å². The second kappa shape index (κ2) is 7.72. The predicted octanol–water partition coefficient (Wildman–Crippen LogP) is 4.04. The number of hydrogen-bond acceptors (Lipinski definition) is 6. The first kappa shape index (κ1) is 18.0. The molecule has 2 heterocycles. The molecule has 2 aliphatic carbocycles. The number of aromatic nitrogens is 2. The van der Waals surface area contributed by atoms with Gasteiger partial charge in [-0.1, -0.05) is 31.0 Å². The molecule has 26 heavy (non-hydrogen) atoms. The van der Waals surface area contributed by atoms with Gasteiger partial charge in [-0.15, -0.1) is 11.3 Å². The van der Waals surface area contributed by atoms with Gasteiger partial charge in [-0.2, -0.15) is 0 Å². The first-order chi connectivity index (χ1) is 12.6. The van der Waals surface area contributed by atoms with Gasteiger partial charge >= 0.3 is 0 Å². The Bertz CT molecular complexity index is 813. The van der Waals surface area contributed by atoms with E-state index < -0.39 is 0 Å². The van der Waals surface area contributed by atoms with Crippen molar-refractivity contribution in [3.8, 4) is 0 Å². The Labute approximate surface area is 162 Å². The fourth-order valence-corrected chi connectivity index (χ4v) is 6.23. The van der Waals surface area contributed by atoms with Gasteiger partial charge in [-0.3, -0.25) is 4.79 Å². The van der Waals surface area contributed by atoms with Crippen molar-refractivity contribution in [2.75, 3.05) is 18.5 Å². The van der Waals surface area contributed by atoms with Gasteiger partial charge in [0.2, 0.25) is 5.91 Å². The Morgan fingerprint density at radius 3 is 2.77 bits per heavy atom. The largest absolute Gasteiger partial charge is 0.383 e. The number of aryl methyl sites for hydroxylation is 2. The molecule has 140 valence electrons. The highest BCUT2D eigenvalue weighted by Gasteiger charge is 2.23. The van der Waals surface area contributed by atoms with Crippen molar-refractivity contribution >= 4 is 45.0 Å². The molecule has 0 radical (unpaired) electrons. The van der Waals surface area contributed by atoms with Crippen molar-refractivity contribution < 1.29 is 4.79 Å². The Kier molecular flexibility index (Phi) is 5.36. The number of carbonyl (C=O) groups excluding carboxylic acids is 1. The summed E-state index contributed by atoms with van der Waals surface area (Å²) in [5.41, 5.74) is 7.62. The predicted molar refractivity (Wildman–Crippen MR) is 109 cm³/mol. The van der Waals surface area contributed by atoms with Crippen LogP contribution in [0.5, 0.6) is 0 Å². The standard InChI is InChI=1S/C19H26N4OS2/c1-23(12-7-3-2-4-8-12)15(24)11-25-19-21-17(20)16-13-9-5-6-10-14(13)26-18(16)22-19/h12H,2-11H2,1H3,(H2,20,21,22). The monoisotopic (exact) mass is 390 g/mol. The zero-order valence-electron chi connectivity index (χ0n) is 15.3. The molecule has 0 bridgehead atoms. The molecule has 2 aromatic heterocycles. The molecule has 4 rings (SSSR count). The summed E-state index contributed by atoms with van der Waals surface area (Å²) < 4.78 is 0. The van der Waals surface area contributed by atoms with Crippen LogP contribution in [0.4, 0.5) is 5.82 Å². The highest BCUT2D eigenvalue weighted by molar-refractivity contribution is 7.99. The molecule has 2 aliphatic rings. The summed E-state index contributed by atoms with van der Waals surface area (Å²) in [4.78, 5) is 26.1. The molecule has 1 fully saturated rings. The van der Waals surface area contributed by atoms with E-state index in [-0.39, 0.29) is 5.91 Å². The lowest BCUT2D eigenvalue weighted by Gasteiger charge is -2.31. The van der Waals surface area contributed by atoms with Crippen molar-refractivity contribution in [2.45, 2.75) is 69.0 Å². The SMILES string of the molecule is CN(C(=O)CSc1nc(N)c2c3c(sc2n1)CCCC3)C1CCCCC1. The number of thiophene rings is 1. The minimum absolute atomic E-state index is 0.162. The fourth-order valence-electron chi connectivity index (χ4n) is 4.13. The maximum absolute atomic E-state index is 12.5. The third-order valence-electron chi connectivity index (χ3n) is 5.66. The maximum Gasteiger partial charge on any atom is 0.233 e. The van der Waals surface area contributed by atoms with E-state index in [2.05, 4.69) is 4.98 Å². The molecule has 5 nitrogen and oxygen atoms in total. The number of hydrogen-bond donors (Lipinski definition) is 1. The topological polar surface area (TPSA) is 72.1 Å². The number of nitrogens with two attached hydrogens (primary N) is 1. The lowest BCUT2D eigenvalue weighted by Crippen LogP contribution is -2.39. The van der Waals surface area contributed by atoms with Gasteiger partial charge in [0, 0.05) is 18.0 Å². The summed E-state index contributed by atoms with van der Waals surface area (Å²) in [7, 11) is 1.94. The smallest absolute Gasteiger partial charge is 0.233 e. The van der Waals surface area contributed by atoms with Crippen LogP contribution in [-0.4, -0.2) is 39.6 Å². The number of fused-ring (bicyclic) bond motifs is 3. The zero-order chi connectivity index (χ0) is 18.1. The van der Waals surface area contributed by atoms with E-state index in [4.69, 9.17) is 10.7 Å². The van der Waals surface area contributed by atoms with E-state index in [0.29, 0.717) is 22.8 Å². The minimum atomic E-state index is 0.162. The van der Waals surface area contributed by atoms with Crippen LogP contribution in [0.15, 0.2) is 5.16 Å². The quantitative estimate of drug-likeness (QED) is 0.630. The molecule has 0 aromatic carbocycles. The molecule has 2 N–H and O–H groups in total. The van der Waals surface area contributed by atoms with Crippen molar-refractivity contribution in [2.24, 2.45) is 0 Å². The minimum Gasteiger partial charge on any atom is -0.383 e. The second-order valence-corrected chi connectivity index (χ2v) is 9.39. The zero-order valence-corrected chi connectivity index (χ0v) is 16.9. The number of rotatable bonds is 4. The van der Waals surface area contributed by atoms with Crippen LogP contribution in [0, 0.1) is 0 Å². The average molecular weight is 391 g/mol. The van der Waals surface area contributed by atoms with Gasteiger partial charge in [0.25, 0.3) is 0 Å². The van der Waals surface area contributed by atoms with Crippen LogP contribution in [0.25, 0.3) is 10.2 Å². The number of anilines is 1. The summed E-state index contributed by atoms with van der Waals surface area (Å²) in [6.45, 7) is 0. The van der Waals surface area contributed by atoms with Gasteiger partial charge in [0.15, 0.2) is 5.16 Å². The van der Waals surface area contributed by atoms with Crippen LogP contribution >= 0.6 is 23.1 Å². The summed E-state index contributed by atoms with van der Waals surface area (Å²) in [5, 5.41) is 1.68. The number of carbonyl (C=O) groups is 1. The van der Waals surface area contributed by atoms with Gasteiger partial charge in [0.05, 0.1) is 11.1 Å². The van der Waals surface area contributed by atoms with E-state index >= 15 is 0 Å². The van der Waals surface area contributed by atoms with Crippen LogP contribution < -0.4 is 5.73 Å². The first-order valence-corrected chi connectivity index (χ1v) is 11.4. The average Bonchev–Trinajstić information content (AvgIpc) is 3.05. The molecule has 2 aromatic rings. The molecule has 0 atom stereocenters. The van der Waals surface area contributed by atoms with E-state index in [0.717, 1.165) is 35.9 Å². The van der Waals surface area contributed by atoms with Crippen molar-refractivity contribution in [3.05, 3.63) is 10.4 Å². The highest BCUT2D eigenvalue weighted by Crippen LogP contribution is 2.38. The van der Waals surface area contributed by atoms with Gasteiger partial charge in [-0.25, -0.2) is 9.97 Å². The third-order valence-corrected chi connectivity index (χ3v) is 7.68. The van der Waals surface area contributed by atoms with Crippen LogP contribution in [0.2, 0.25) is 0 Å². The molecule has 0 unspecified atom stereocenters. The molecular formula is C19H26N4OS2. The van der Waals surface area contributed by atoms with Crippen molar-refractivity contribution in [1.82, 2.24) is 14.9 Å². The Morgan fingerprint density at radius 2 is 1.96 bits per heavy atom. The van der Waals surface area contributed by atoms with Crippen LogP contribution in [0.1, 0.15) is 55.4 Å². The lowest BCUT2D eigenvalue weighted by molar-refractivity contribution is -0.129. The summed E-state index contributed by atoms with van der Waals surface area (Å²) in [6, 6.07) is 0.398. The third kappa shape index (κ3) is 3.56. The van der Waals surface area contributed by atoms with E-state index in [9.17, 15) is 4.79 Å². The Morgan fingerprint density at radius 1 is 1.19 bits per heavy atom. The number of nitrogen functional groups attached to an aromatic ring is 1. The molecule has 1 saturated carbocycles. The lowest BCUT2D eigenvalue weighted by atomic mass is 9.94.